The molecule has 6 heterocycles. The summed E-state index contributed by atoms with van der Waals surface area (Å²) in [5.74, 6) is 5.55. The van der Waals surface area contributed by atoms with E-state index < -0.39 is 0 Å². The summed E-state index contributed by atoms with van der Waals surface area (Å²) in [6.45, 7) is 0. The maximum Gasteiger partial charge on any atom is 0.164 e. The Balaban J connectivity index is 0.000000114. The molecule has 0 spiro atoms. The van der Waals surface area contributed by atoms with Gasteiger partial charge >= 0.3 is 0 Å². The Labute approximate surface area is 743 Å². The topological polar surface area (TPSA) is 155 Å². The van der Waals surface area contributed by atoms with Gasteiger partial charge in [0, 0.05) is 99.1 Å². The van der Waals surface area contributed by atoms with Gasteiger partial charge in [-0.15, -0.1) is 0 Å². The van der Waals surface area contributed by atoms with E-state index in [0.29, 0.717) is 52.4 Å². The Morgan fingerprint density at radius 3 is 0.791 bits per heavy atom. The van der Waals surface area contributed by atoms with Gasteiger partial charge in [0.2, 0.25) is 0 Å². The molecule has 0 amide bonds. The van der Waals surface area contributed by atoms with Crippen molar-refractivity contribution in [3.8, 4) is 169 Å². The zero-order chi connectivity index (χ0) is 85.8. The van der Waals surface area contributed by atoms with Crippen LogP contribution in [0.3, 0.4) is 0 Å². The average Bonchev–Trinajstić information content (AvgIpc) is 1.63. The van der Waals surface area contributed by atoms with Crippen LogP contribution in [-0.2, 0) is 0 Å². The standard InChI is InChI=1S/3C39H25N3O/c1-4-12-26(13-5-1)27-20-22-30(23-21-27)38-40-37(29-16-8-3-9-17-29)41-39(42-38)31-24-33(28-14-6-2-7-15-28)36-34(25-31)32-18-10-11-19-35(32)43-36;1-4-12-26(13-5-1)27-20-22-30(23-21-27)38-40-37(29-16-8-3-9-17-29)41-39(42-38)33-25-24-31(28-14-6-2-7-15-28)36-35(33)32-18-10-11-19-34(32)43-36;1-4-12-26(13-5-1)27-20-22-30(23-21-27)38-40-37(29-16-8-3-9-17-29)41-39(42-38)33-25-24-32-31-18-10-11-19-34(31)43-36(32)35(33)28-14-6-2-7-15-28/h3*1-25H. The van der Waals surface area contributed by atoms with Crippen molar-refractivity contribution in [2.24, 2.45) is 0 Å². The molecule has 0 aliphatic rings. The molecule has 12 heteroatoms. The average molecular weight is 1650 g/mol. The van der Waals surface area contributed by atoms with Crippen LogP contribution < -0.4 is 0 Å². The van der Waals surface area contributed by atoms with E-state index in [1.54, 1.807) is 0 Å². The number of fused-ring (bicyclic) bond motifs is 9. The molecule has 12 nitrogen and oxygen atoms in total. The SMILES string of the molecule is c1ccc(-c2ccc(-c3nc(-c4ccccc4)nc(-c4cc(-c5ccccc5)c5oc6ccccc6c5c4)n3)cc2)cc1.c1ccc(-c2ccc(-c3nc(-c4ccccc4)nc(-c4ccc(-c5ccccc5)c5oc6ccccc6c45)n3)cc2)cc1.c1ccc(-c2ccc(-c3nc(-c4ccccc4)nc(-c4ccc5c(oc6ccccc65)c4-c4ccccc4)n3)cc2)cc1. The van der Waals surface area contributed by atoms with E-state index in [1.165, 1.54) is 16.7 Å². The van der Waals surface area contributed by atoms with E-state index in [-0.39, 0.29) is 0 Å². The van der Waals surface area contributed by atoms with Crippen LogP contribution in [0, 0.1) is 0 Å². The Morgan fingerprint density at radius 1 is 0.132 bits per heavy atom. The van der Waals surface area contributed by atoms with Gasteiger partial charge in [-0.3, -0.25) is 0 Å². The third-order valence-electron chi connectivity index (χ3n) is 23.3. The summed E-state index contributed by atoms with van der Waals surface area (Å²) in [5.41, 5.74) is 26.4. The highest BCUT2D eigenvalue weighted by Crippen LogP contribution is 2.46. The second-order valence-corrected chi connectivity index (χ2v) is 31.4. The molecule has 24 rings (SSSR count). The van der Waals surface area contributed by atoms with Crippen molar-refractivity contribution in [2.45, 2.75) is 0 Å². The van der Waals surface area contributed by atoms with Crippen LogP contribution in [0.15, 0.2) is 468 Å². The van der Waals surface area contributed by atoms with Crippen molar-refractivity contribution in [3.05, 3.63) is 455 Å². The van der Waals surface area contributed by atoms with Gasteiger partial charge in [-0.2, -0.15) is 0 Å². The summed E-state index contributed by atoms with van der Waals surface area (Å²) < 4.78 is 19.4. The van der Waals surface area contributed by atoms with Gasteiger partial charge in [0.15, 0.2) is 52.4 Å². The van der Waals surface area contributed by atoms with Crippen LogP contribution in [0.5, 0.6) is 0 Å². The fraction of sp³-hybridized carbons (Fsp3) is 0. The molecule has 0 aliphatic carbocycles. The summed E-state index contributed by atoms with van der Waals surface area (Å²) in [5, 5.41) is 6.26. The molecule has 0 aliphatic heterocycles. The smallest absolute Gasteiger partial charge is 0.164 e. The third-order valence-corrected chi connectivity index (χ3v) is 23.3. The van der Waals surface area contributed by atoms with Gasteiger partial charge in [-0.1, -0.05) is 400 Å². The minimum Gasteiger partial charge on any atom is -0.455 e. The highest BCUT2D eigenvalue weighted by atomic mass is 16.3. The number of aromatic nitrogens is 9. The molecule has 129 heavy (non-hydrogen) atoms. The normalized spacial score (nSPS) is 11.3. The third kappa shape index (κ3) is 15.7. The van der Waals surface area contributed by atoms with E-state index in [2.05, 4.69) is 237 Å². The molecule has 24 aromatic rings. The summed E-state index contributed by atoms with van der Waals surface area (Å²) in [4.78, 5) is 45.2. The molecule has 0 bridgehead atoms. The van der Waals surface area contributed by atoms with Crippen molar-refractivity contribution in [3.63, 3.8) is 0 Å². The number of para-hydroxylation sites is 3. The van der Waals surface area contributed by atoms with Gasteiger partial charge in [0.1, 0.15) is 33.5 Å². The molecule has 0 saturated heterocycles. The van der Waals surface area contributed by atoms with Crippen LogP contribution in [0.2, 0.25) is 0 Å². The van der Waals surface area contributed by atoms with Gasteiger partial charge in [0.25, 0.3) is 0 Å². The zero-order valence-corrected chi connectivity index (χ0v) is 69.6. The van der Waals surface area contributed by atoms with E-state index in [9.17, 15) is 0 Å². The number of hydrogen-bond acceptors (Lipinski definition) is 12. The first kappa shape index (κ1) is 77.4. The number of nitrogens with zero attached hydrogens (tertiary/aromatic N) is 9. The number of hydrogen-bond donors (Lipinski definition) is 0. The van der Waals surface area contributed by atoms with Crippen molar-refractivity contribution >= 4 is 65.8 Å². The molecule has 606 valence electrons. The molecule has 0 N–H and O–H groups in total. The minimum absolute atomic E-state index is 0.595. The van der Waals surface area contributed by atoms with Crippen LogP contribution >= 0.6 is 0 Å². The Kier molecular flexibility index (Phi) is 20.8. The molecule has 0 radical (unpaired) electrons. The van der Waals surface area contributed by atoms with Gasteiger partial charge in [-0.25, -0.2) is 44.9 Å². The molecule has 0 atom stereocenters. The summed E-state index contributed by atoms with van der Waals surface area (Å²) in [6.07, 6.45) is 0. The molecule has 0 unspecified atom stereocenters. The first-order valence-electron chi connectivity index (χ1n) is 42.9. The molecule has 18 aromatic carbocycles. The van der Waals surface area contributed by atoms with Crippen molar-refractivity contribution in [1.29, 1.82) is 0 Å². The molecular weight excluding hydrogens is 1580 g/mol. The Morgan fingerprint density at radius 2 is 0.388 bits per heavy atom. The predicted octanol–water partition coefficient (Wildman–Crippen LogP) is 30.3. The summed E-state index contributed by atoms with van der Waals surface area (Å²) in [7, 11) is 0. The van der Waals surface area contributed by atoms with Gasteiger partial charge < -0.3 is 13.3 Å². The highest BCUT2D eigenvalue weighted by Gasteiger charge is 2.26. The number of furan rings is 3. The highest BCUT2D eigenvalue weighted by molar-refractivity contribution is 6.17. The van der Waals surface area contributed by atoms with E-state index in [1.807, 2.05) is 218 Å². The monoisotopic (exact) mass is 1650 g/mol. The first-order chi connectivity index (χ1) is 63.9. The number of benzene rings is 18. The zero-order valence-electron chi connectivity index (χ0n) is 69.6. The van der Waals surface area contributed by atoms with E-state index in [0.717, 1.165) is 166 Å². The predicted molar refractivity (Wildman–Crippen MR) is 523 cm³/mol. The lowest BCUT2D eigenvalue weighted by Gasteiger charge is -2.13. The lowest BCUT2D eigenvalue weighted by molar-refractivity contribution is 0.669. The van der Waals surface area contributed by atoms with E-state index in [4.69, 9.17) is 58.1 Å². The fourth-order valence-electron chi connectivity index (χ4n) is 16.9. The van der Waals surface area contributed by atoms with Crippen LogP contribution in [0.25, 0.3) is 235 Å². The maximum absolute atomic E-state index is 6.51. The Bertz CT molecular complexity index is 8150. The van der Waals surface area contributed by atoms with Crippen LogP contribution in [0.4, 0.5) is 0 Å². The summed E-state index contributed by atoms with van der Waals surface area (Å²) >= 11 is 0. The van der Waals surface area contributed by atoms with Gasteiger partial charge in [-0.05, 0) is 105 Å². The maximum atomic E-state index is 6.51. The van der Waals surface area contributed by atoms with E-state index >= 15 is 0 Å². The lowest BCUT2D eigenvalue weighted by Crippen LogP contribution is -2.01. The van der Waals surface area contributed by atoms with Crippen LogP contribution in [-0.4, -0.2) is 44.9 Å². The quantitative estimate of drug-likeness (QED) is 0.0959. The molecular formula is C117H75N9O3. The van der Waals surface area contributed by atoms with Crippen molar-refractivity contribution < 1.29 is 13.3 Å². The fourth-order valence-corrected chi connectivity index (χ4v) is 16.9. The lowest BCUT2D eigenvalue weighted by atomic mass is 9.96. The van der Waals surface area contributed by atoms with Crippen molar-refractivity contribution in [2.75, 3.05) is 0 Å². The molecule has 0 saturated carbocycles. The van der Waals surface area contributed by atoms with Crippen molar-refractivity contribution in [1.82, 2.24) is 44.9 Å². The second kappa shape index (κ2) is 34.6. The molecule has 0 fully saturated rings. The largest absolute Gasteiger partial charge is 0.455 e. The molecule has 6 aromatic heterocycles. The Hall–Kier alpha value is -17.6. The summed E-state index contributed by atoms with van der Waals surface area (Å²) in [6, 6.07) is 155. The second-order valence-electron chi connectivity index (χ2n) is 31.4. The number of rotatable bonds is 15. The minimum atomic E-state index is 0.595. The first-order valence-corrected chi connectivity index (χ1v) is 42.9. The van der Waals surface area contributed by atoms with Crippen LogP contribution in [0.1, 0.15) is 0 Å². The van der Waals surface area contributed by atoms with Gasteiger partial charge in [0.05, 0.1) is 0 Å².